The molecule has 2 aromatic carbocycles. The number of carbonyl (C=O) groups excluding carboxylic acids is 1. The third kappa shape index (κ3) is 8.33. The van der Waals surface area contributed by atoms with Crippen LogP contribution in [-0.2, 0) is 4.79 Å². The molecule has 0 aliphatic rings. The summed E-state index contributed by atoms with van der Waals surface area (Å²) in [5.41, 5.74) is 1.61. The summed E-state index contributed by atoms with van der Waals surface area (Å²) in [6, 6.07) is 15.1. The van der Waals surface area contributed by atoms with E-state index in [1.54, 1.807) is 0 Å². The van der Waals surface area contributed by atoms with Crippen molar-refractivity contribution < 1.29 is 14.3 Å². The Balaban J connectivity index is 1.75. The van der Waals surface area contributed by atoms with Crippen LogP contribution in [0.1, 0.15) is 40.0 Å². The quantitative estimate of drug-likeness (QED) is 0.485. The van der Waals surface area contributed by atoms with Crippen molar-refractivity contribution in [1.82, 2.24) is 0 Å². The lowest BCUT2D eigenvalue weighted by Crippen LogP contribution is -2.21. The number of carbonyl (C=O) groups is 1. The Labute approximate surface area is 168 Å². The highest BCUT2D eigenvalue weighted by atomic mass is 16.5. The fraction of sp³-hybridized carbons (Fsp3) is 0.435. The Bertz CT molecular complexity index is 714. The normalized spacial score (nSPS) is 10.6. The van der Waals surface area contributed by atoms with E-state index in [9.17, 15) is 4.79 Å². The van der Waals surface area contributed by atoms with Crippen LogP contribution in [0, 0.1) is 5.92 Å². The number of nitrogens with one attached hydrogen (secondary N) is 2. The van der Waals surface area contributed by atoms with Gasteiger partial charge in [0.05, 0.1) is 19.8 Å². The van der Waals surface area contributed by atoms with Gasteiger partial charge in [-0.3, -0.25) is 4.79 Å². The molecule has 0 unspecified atom stereocenters. The molecule has 0 saturated heterocycles. The Morgan fingerprint density at radius 1 is 0.964 bits per heavy atom. The lowest BCUT2D eigenvalue weighted by atomic mass is 10.1. The van der Waals surface area contributed by atoms with Crippen LogP contribution in [0.3, 0.4) is 0 Å². The Morgan fingerprint density at radius 3 is 2.43 bits per heavy atom. The molecule has 0 spiro atoms. The summed E-state index contributed by atoms with van der Waals surface area (Å²) in [7, 11) is 0. The van der Waals surface area contributed by atoms with E-state index in [0.717, 1.165) is 42.1 Å². The summed E-state index contributed by atoms with van der Waals surface area (Å²) in [4.78, 5) is 12.2. The highest BCUT2D eigenvalue weighted by molar-refractivity contribution is 5.93. The van der Waals surface area contributed by atoms with Crippen molar-refractivity contribution in [2.75, 3.05) is 30.4 Å². The molecule has 5 nitrogen and oxygen atoms in total. The van der Waals surface area contributed by atoms with Gasteiger partial charge in [0.25, 0.3) is 0 Å². The van der Waals surface area contributed by atoms with Gasteiger partial charge < -0.3 is 20.1 Å². The van der Waals surface area contributed by atoms with Gasteiger partial charge in [-0.05, 0) is 55.2 Å². The maximum Gasteiger partial charge on any atom is 0.243 e. The topological polar surface area (TPSA) is 59.6 Å². The minimum absolute atomic E-state index is 0.106. The molecular formula is C23H32N2O3. The second-order valence-corrected chi connectivity index (χ2v) is 7.19. The summed E-state index contributed by atoms with van der Waals surface area (Å²) >= 11 is 0. The van der Waals surface area contributed by atoms with Crippen LogP contribution in [0.4, 0.5) is 11.4 Å². The summed E-state index contributed by atoms with van der Waals surface area (Å²) in [5, 5.41) is 6.01. The molecule has 28 heavy (non-hydrogen) atoms. The number of rotatable bonds is 12. The number of hydrogen-bond acceptors (Lipinski definition) is 4. The van der Waals surface area contributed by atoms with Crippen molar-refractivity contribution in [3.05, 3.63) is 48.5 Å². The van der Waals surface area contributed by atoms with E-state index >= 15 is 0 Å². The first kappa shape index (κ1) is 21.6. The van der Waals surface area contributed by atoms with Crippen LogP contribution in [0.15, 0.2) is 48.5 Å². The van der Waals surface area contributed by atoms with Crippen molar-refractivity contribution in [3.63, 3.8) is 0 Å². The monoisotopic (exact) mass is 384 g/mol. The van der Waals surface area contributed by atoms with Gasteiger partial charge in [0.15, 0.2) is 0 Å². The first-order valence-corrected chi connectivity index (χ1v) is 10.1. The van der Waals surface area contributed by atoms with Gasteiger partial charge in [0.2, 0.25) is 5.91 Å². The first-order chi connectivity index (χ1) is 13.6. The van der Waals surface area contributed by atoms with Crippen molar-refractivity contribution in [3.8, 4) is 11.5 Å². The molecule has 2 rings (SSSR count). The van der Waals surface area contributed by atoms with Gasteiger partial charge in [-0.1, -0.05) is 33.3 Å². The van der Waals surface area contributed by atoms with Crippen LogP contribution >= 0.6 is 0 Å². The molecule has 1 amide bonds. The van der Waals surface area contributed by atoms with Crippen molar-refractivity contribution in [1.29, 1.82) is 0 Å². The standard InChI is InChI=1S/C23H32N2O3/c1-4-5-14-27-22-8-6-7-20(16-22)24-17-23(26)25-19-9-11-21(12-10-19)28-15-13-18(2)3/h6-12,16,18,24H,4-5,13-15,17H2,1-3H3,(H,25,26). The van der Waals surface area contributed by atoms with Gasteiger partial charge in [-0.25, -0.2) is 0 Å². The largest absolute Gasteiger partial charge is 0.494 e. The zero-order valence-electron chi connectivity index (χ0n) is 17.2. The number of unbranched alkanes of at least 4 members (excludes halogenated alkanes) is 1. The van der Waals surface area contributed by atoms with Gasteiger partial charge in [0.1, 0.15) is 11.5 Å². The molecule has 2 N–H and O–H groups in total. The average molecular weight is 385 g/mol. The lowest BCUT2D eigenvalue weighted by molar-refractivity contribution is -0.114. The number of ether oxygens (including phenoxy) is 2. The molecule has 0 aliphatic carbocycles. The third-order valence-corrected chi connectivity index (χ3v) is 4.16. The fourth-order valence-electron chi connectivity index (χ4n) is 2.46. The van der Waals surface area contributed by atoms with Gasteiger partial charge in [0, 0.05) is 17.4 Å². The van der Waals surface area contributed by atoms with E-state index in [-0.39, 0.29) is 12.5 Å². The van der Waals surface area contributed by atoms with Crippen LogP contribution in [0.2, 0.25) is 0 Å². The van der Waals surface area contributed by atoms with Crippen molar-refractivity contribution in [2.24, 2.45) is 5.92 Å². The molecule has 0 heterocycles. The lowest BCUT2D eigenvalue weighted by Gasteiger charge is -2.11. The molecule has 0 fully saturated rings. The molecule has 152 valence electrons. The summed E-state index contributed by atoms with van der Waals surface area (Å²) in [5.74, 6) is 2.14. The van der Waals surface area contributed by atoms with Crippen molar-refractivity contribution >= 4 is 17.3 Å². The van der Waals surface area contributed by atoms with Gasteiger partial charge in [-0.2, -0.15) is 0 Å². The minimum atomic E-state index is -0.106. The van der Waals surface area contributed by atoms with Crippen LogP contribution in [0.25, 0.3) is 0 Å². The highest BCUT2D eigenvalue weighted by Crippen LogP contribution is 2.18. The molecule has 0 saturated carbocycles. The van der Waals surface area contributed by atoms with E-state index in [4.69, 9.17) is 9.47 Å². The number of amides is 1. The maximum atomic E-state index is 12.2. The average Bonchev–Trinajstić information content (AvgIpc) is 2.68. The zero-order chi connectivity index (χ0) is 20.2. The molecule has 2 aromatic rings. The molecule has 0 atom stereocenters. The number of benzene rings is 2. The minimum Gasteiger partial charge on any atom is -0.494 e. The predicted molar refractivity (Wildman–Crippen MR) is 115 cm³/mol. The predicted octanol–water partition coefficient (Wildman–Crippen LogP) is 5.34. The van der Waals surface area contributed by atoms with Gasteiger partial charge >= 0.3 is 0 Å². The number of anilines is 2. The highest BCUT2D eigenvalue weighted by Gasteiger charge is 2.04. The third-order valence-electron chi connectivity index (χ3n) is 4.16. The fourth-order valence-corrected chi connectivity index (χ4v) is 2.46. The van der Waals surface area contributed by atoms with E-state index in [2.05, 4.69) is 31.4 Å². The smallest absolute Gasteiger partial charge is 0.243 e. The van der Waals surface area contributed by atoms with E-state index < -0.39 is 0 Å². The second-order valence-electron chi connectivity index (χ2n) is 7.19. The maximum absolute atomic E-state index is 12.2. The molecule has 5 heteroatoms. The molecule has 0 aromatic heterocycles. The number of hydrogen-bond donors (Lipinski definition) is 2. The summed E-state index contributed by atoms with van der Waals surface area (Å²) in [6.07, 6.45) is 3.15. The summed E-state index contributed by atoms with van der Waals surface area (Å²) in [6.45, 7) is 8.07. The first-order valence-electron chi connectivity index (χ1n) is 10.1. The van der Waals surface area contributed by atoms with E-state index in [1.165, 1.54) is 0 Å². The summed E-state index contributed by atoms with van der Waals surface area (Å²) < 4.78 is 11.4. The van der Waals surface area contributed by atoms with Gasteiger partial charge in [-0.15, -0.1) is 0 Å². The van der Waals surface area contributed by atoms with Crippen LogP contribution < -0.4 is 20.1 Å². The molecule has 0 aliphatic heterocycles. The van der Waals surface area contributed by atoms with E-state index in [1.807, 2.05) is 48.5 Å². The molecular weight excluding hydrogens is 352 g/mol. The Morgan fingerprint density at radius 2 is 1.71 bits per heavy atom. The Kier molecular flexibility index (Phi) is 9.19. The molecule has 0 radical (unpaired) electrons. The second kappa shape index (κ2) is 11.9. The van der Waals surface area contributed by atoms with Crippen LogP contribution in [0.5, 0.6) is 11.5 Å². The SMILES string of the molecule is CCCCOc1cccc(NCC(=O)Nc2ccc(OCCC(C)C)cc2)c1. The Hall–Kier alpha value is -2.69. The van der Waals surface area contributed by atoms with Crippen molar-refractivity contribution in [2.45, 2.75) is 40.0 Å². The zero-order valence-corrected chi connectivity index (χ0v) is 17.2. The van der Waals surface area contributed by atoms with E-state index in [0.29, 0.717) is 19.1 Å². The van der Waals surface area contributed by atoms with Crippen LogP contribution in [-0.4, -0.2) is 25.7 Å². The molecule has 0 bridgehead atoms.